The van der Waals surface area contributed by atoms with E-state index in [2.05, 4.69) is 5.10 Å². The number of nitriles is 1. The Morgan fingerprint density at radius 1 is 1.15 bits per heavy atom. The second-order valence-corrected chi connectivity index (χ2v) is 7.09. The summed E-state index contributed by atoms with van der Waals surface area (Å²) in [7, 11) is 0. The van der Waals surface area contributed by atoms with Gasteiger partial charge < -0.3 is 5.11 Å². The van der Waals surface area contributed by atoms with Crippen molar-refractivity contribution in [1.29, 1.82) is 5.26 Å². The Bertz CT molecular complexity index is 1180. The van der Waals surface area contributed by atoms with Crippen LogP contribution in [0.4, 0.5) is 17.6 Å². The topological polar surface area (TPSA) is 61.8 Å². The fourth-order valence-corrected chi connectivity index (χ4v) is 4.22. The van der Waals surface area contributed by atoms with E-state index in [0.717, 1.165) is 6.07 Å². The van der Waals surface area contributed by atoms with Gasteiger partial charge in [-0.3, -0.25) is 0 Å². The first-order valence-corrected chi connectivity index (χ1v) is 8.20. The zero-order valence-electron chi connectivity index (χ0n) is 13.7. The molecular formula is C19H11F4N3O. The van der Waals surface area contributed by atoms with E-state index in [0.29, 0.717) is 16.5 Å². The smallest absolute Gasteiger partial charge is 0.284 e. The number of hydrogen-bond donors (Lipinski definition) is 1. The van der Waals surface area contributed by atoms with Crippen LogP contribution >= 0.6 is 0 Å². The van der Waals surface area contributed by atoms with Crippen LogP contribution < -0.4 is 0 Å². The normalized spacial score (nSPS) is 24.1. The molecule has 0 amide bonds. The van der Waals surface area contributed by atoms with E-state index in [1.54, 1.807) is 18.2 Å². The van der Waals surface area contributed by atoms with Crippen LogP contribution in [0.15, 0.2) is 36.5 Å². The molecule has 1 unspecified atom stereocenters. The van der Waals surface area contributed by atoms with E-state index in [1.807, 2.05) is 6.07 Å². The first kappa shape index (κ1) is 16.3. The molecule has 0 saturated carbocycles. The average molecular weight is 373 g/mol. The third kappa shape index (κ3) is 1.92. The van der Waals surface area contributed by atoms with E-state index in [9.17, 15) is 22.7 Å². The lowest BCUT2D eigenvalue weighted by Crippen LogP contribution is -2.41. The van der Waals surface area contributed by atoms with Crippen molar-refractivity contribution in [2.24, 2.45) is 0 Å². The van der Waals surface area contributed by atoms with Gasteiger partial charge in [-0.05, 0) is 35.9 Å². The molecule has 136 valence electrons. The maximum absolute atomic E-state index is 14.5. The average Bonchev–Trinajstić information content (AvgIpc) is 3.17. The fourth-order valence-electron chi connectivity index (χ4n) is 4.22. The summed E-state index contributed by atoms with van der Waals surface area (Å²) in [5.74, 6) is -7.23. The Morgan fingerprint density at radius 2 is 1.93 bits per heavy atom. The number of aromatic nitrogens is 2. The second kappa shape index (κ2) is 4.67. The molecule has 0 aliphatic heterocycles. The standard InChI is InChI=1S/C19H11F4N3O/c20-18(21)9-17(27)16-12(6-19(17,22)23)4-13(5-14(16)18)26-15-3-10(7-24)1-2-11(15)8-25-26/h1-5,8,27H,6,9H2. The van der Waals surface area contributed by atoms with E-state index >= 15 is 0 Å². The number of nitrogens with zero attached hydrogens (tertiary/aromatic N) is 3. The molecule has 1 atom stereocenters. The van der Waals surface area contributed by atoms with Gasteiger partial charge in [-0.2, -0.15) is 10.4 Å². The van der Waals surface area contributed by atoms with Crippen molar-refractivity contribution in [3.8, 4) is 11.8 Å². The van der Waals surface area contributed by atoms with Crippen molar-refractivity contribution in [1.82, 2.24) is 9.78 Å². The van der Waals surface area contributed by atoms with Crippen molar-refractivity contribution in [2.45, 2.75) is 30.3 Å². The molecular weight excluding hydrogens is 362 g/mol. The molecule has 2 aromatic carbocycles. The number of fused-ring (bicyclic) bond motifs is 1. The number of alkyl halides is 4. The minimum Gasteiger partial charge on any atom is -0.379 e. The molecule has 0 spiro atoms. The van der Waals surface area contributed by atoms with E-state index in [-0.39, 0.29) is 16.8 Å². The molecule has 0 radical (unpaired) electrons. The molecule has 2 aliphatic carbocycles. The lowest BCUT2D eigenvalue weighted by atomic mass is 9.95. The Hall–Kier alpha value is -2.92. The van der Waals surface area contributed by atoms with Gasteiger partial charge in [0.15, 0.2) is 5.60 Å². The summed E-state index contributed by atoms with van der Waals surface area (Å²) in [4.78, 5) is 0. The first-order valence-electron chi connectivity index (χ1n) is 8.20. The number of aliphatic hydroxyl groups is 1. The van der Waals surface area contributed by atoms with Crippen molar-refractivity contribution in [2.75, 3.05) is 0 Å². The molecule has 0 bridgehead atoms. The van der Waals surface area contributed by atoms with Crippen LogP contribution in [0.25, 0.3) is 16.6 Å². The SMILES string of the molecule is N#Cc1ccc2cnn(-c3cc4c5c(c3)C(F)(F)CC5(O)C(F)(F)C4)c2c1. The minimum absolute atomic E-state index is 0.00716. The van der Waals surface area contributed by atoms with Gasteiger partial charge in [0.2, 0.25) is 0 Å². The van der Waals surface area contributed by atoms with Crippen LogP contribution in [0.1, 0.15) is 28.7 Å². The second-order valence-electron chi connectivity index (χ2n) is 7.09. The summed E-state index contributed by atoms with van der Waals surface area (Å²) < 4.78 is 59.0. The highest BCUT2D eigenvalue weighted by Gasteiger charge is 2.69. The van der Waals surface area contributed by atoms with Crippen LogP contribution in [0.3, 0.4) is 0 Å². The van der Waals surface area contributed by atoms with Crippen LogP contribution in [0.5, 0.6) is 0 Å². The molecule has 0 fully saturated rings. The van der Waals surface area contributed by atoms with Crippen molar-refractivity contribution < 1.29 is 22.7 Å². The van der Waals surface area contributed by atoms with Crippen LogP contribution in [-0.4, -0.2) is 20.8 Å². The molecule has 5 rings (SSSR count). The summed E-state index contributed by atoms with van der Waals surface area (Å²) in [6, 6.07) is 9.28. The first-order chi connectivity index (χ1) is 12.7. The lowest BCUT2D eigenvalue weighted by Gasteiger charge is -2.27. The number of hydrogen-bond acceptors (Lipinski definition) is 3. The fraction of sp³-hybridized carbons (Fsp3) is 0.263. The molecule has 8 heteroatoms. The molecule has 0 saturated heterocycles. The summed E-state index contributed by atoms with van der Waals surface area (Å²) in [5.41, 5.74) is -2.75. The molecule has 27 heavy (non-hydrogen) atoms. The molecule has 2 aliphatic rings. The quantitative estimate of drug-likeness (QED) is 0.661. The molecule has 1 aromatic heterocycles. The summed E-state index contributed by atoms with van der Waals surface area (Å²) >= 11 is 0. The predicted octanol–water partition coefficient (Wildman–Crippen LogP) is 3.77. The van der Waals surface area contributed by atoms with Gasteiger partial charge in [-0.1, -0.05) is 0 Å². The molecule has 1 N–H and O–H groups in total. The maximum atomic E-state index is 14.5. The van der Waals surface area contributed by atoms with Gasteiger partial charge in [-0.25, -0.2) is 22.2 Å². The molecule has 4 nitrogen and oxygen atoms in total. The van der Waals surface area contributed by atoms with Crippen LogP contribution in [0.2, 0.25) is 0 Å². The Balaban J connectivity index is 1.78. The summed E-state index contributed by atoms with van der Waals surface area (Å²) in [6.07, 6.45) is -0.637. The molecule has 1 heterocycles. The Kier molecular flexibility index (Phi) is 2.81. The monoisotopic (exact) mass is 373 g/mol. The van der Waals surface area contributed by atoms with Crippen molar-refractivity contribution in [3.63, 3.8) is 0 Å². The van der Waals surface area contributed by atoms with Crippen LogP contribution in [0, 0.1) is 11.3 Å². The highest BCUT2D eigenvalue weighted by Crippen LogP contribution is 2.62. The highest BCUT2D eigenvalue weighted by molar-refractivity contribution is 5.82. The van der Waals surface area contributed by atoms with E-state index in [4.69, 9.17) is 5.26 Å². The van der Waals surface area contributed by atoms with Gasteiger partial charge in [0.05, 0.1) is 35.5 Å². The van der Waals surface area contributed by atoms with E-state index < -0.39 is 35.9 Å². The zero-order chi connectivity index (χ0) is 19.2. The number of rotatable bonds is 1. The third-order valence-corrected chi connectivity index (χ3v) is 5.45. The largest absolute Gasteiger partial charge is 0.379 e. The van der Waals surface area contributed by atoms with Crippen molar-refractivity contribution in [3.05, 3.63) is 58.8 Å². The van der Waals surface area contributed by atoms with E-state index in [1.165, 1.54) is 16.9 Å². The maximum Gasteiger partial charge on any atom is 0.284 e. The zero-order valence-corrected chi connectivity index (χ0v) is 13.7. The minimum atomic E-state index is -3.66. The molecule has 3 aromatic rings. The van der Waals surface area contributed by atoms with Gasteiger partial charge >= 0.3 is 0 Å². The summed E-state index contributed by atoms with van der Waals surface area (Å²) in [5, 5.41) is 24.3. The van der Waals surface area contributed by atoms with Gasteiger partial charge in [0.25, 0.3) is 11.8 Å². The number of halogens is 4. The van der Waals surface area contributed by atoms with Crippen LogP contribution in [-0.2, 0) is 17.9 Å². The van der Waals surface area contributed by atoms with Crippen molar-refractivity contribution >= 4 is 10.9 Å². The Morgan fingerprint density at radius 3 is 2.67 bits per heavy atom. The highest BCUT2D eigenvalue weighted by atomic mass is 19.3. The lowest BCUT2D eigenvalue weighted by molar-refractivity contribution is -0.198. The van der Waals surface area contributed by atoms with Gasteiger partial charge in [0.1, 0.15) is 0 Å². The summed E-state index contributed by atoms with van der Waals surface area (Å²) in [6.45, 7) is 0. The van der Waals surface area contributed by atoms with Gasteiger partial charge in [-0.15, -0.1) is 0 Å². The number of benzene rings is 2. The third-order valence-electron chi connectivity index (χ3n) is 5.45. The predicted molar refractivity (Wildman–Crippen MR) is 86.8 cm³/mol. The Labute approximate surface area is 150 Å². The van der Waals surface area contributed by atoms with Gasteiger partial charge in [0, 0.05) is 22.9 Å².